The topological polar surface area (TPSA) is 52.9 Å². The van der Waals surface area contributed by atoms with E-state index in [4.69, 9.17) is 11.6 Å². The Morgan fingerprint density at radius 1 is 1.20 bits per heavy atom. The van der Waals surface area contributed by atoms with Gasteiger partial charge in [-0.1, -0.05) is 54.1 Å². The summed E-state index contributed by atoms with van der Waals surface area (Å²) in [7, 11) is 0. The highest BCUT2D eigenvalue weighted by Gasteiger charge is 2.51. The van der Waals surface area contributed by atoms with E-state index < -0.39 is 5.41 Å². The highest BCUT2D eigenvalue weighted by Crippen LogP contribution is 2.49. The van der Waals surface area contributed by atoms with Crippen LogP contribution in [0.25, 0.3) is 5.57 Å². The van der Waals surface area contributed by atoms with Crippen LogP contribution >= 0.6 is 11.6 Å². The van der Waals surface area contributed by atoms with Crippen molar-refractivity contribution in [3.63, 3.8) is 0 Å². The summed E-state index contributed by atoms with van der Waals surface area (Å²) in [6.07, 6.45) is 2.15. The Morgan fingerprint density at radius 3 is 2.72 bits per heavy atom. The number of benzene rings is 2. The number of halogens is 1. The van der Waals surface area contributed by atoms with Crippen LogP contribution in [0.2, 0.25) is 5.02 Å². The Hall–Kier alpha value is -2.57. The maximum Gasteiger partial charge on any atom is 0.252 e. The predicted molar refractivity (Wildman–Crippen MR) is 97.7 cm³/mol. The van der Waals surface area contributed by atoms with E-state index in [9.17, 15) is 10.1 Å². The molecule has 0 spiro atoms. The van der Waals surface area contributed by atoms with Crippen LogP contribution in [-0.4, -0.2) is 11.9 Å². The molecule has 0 saturated heterocycles. The fraction of sp³-hybridized carbons (Fsp3) is 0.238. The van der Waals surface area contributed by atoms with Gasteiger partial charge >= 0.3 is 0 Å². The van der Waals surface area contributed by atoms with Gasteiger partial charge in [-0.25, -0.2) is 0 Å². The third-order valence-corrected chi connectivity index (χ3v) is 5.50. The van der Waals surface area contributed by atoms with Crippen LogP contribution in [0, 0.1) is 16.7 Å². The van der Waals surface area contributed by atoms with Gasteiger partial charge in [0.15, 0.2) is 0 Å². The maximum absolute atomic E-state index is 12.6. The summed E-state index contributed by atoms with van der Waals surface area (Å²) < 4.78 is 0. The fourth-order valence-electron chi connectivity index (χ4n) is 4.09. The number of hydrogen-bond donors (Lipinski definition) is 1. The first-order valence-corrected chi connectivity index (χ1v) is 8.76. The average Bonchev–Trinajstić information content (AvgIpc) is 3.12. The summed E-state index contributed by atoms with van der Waals surface area (Å²) in [5, 5.41) is 13.6. The number of carbonyl (C=O) groups excluding carboxylic acids is 1. The van der Waals surface area contributed by atoms with Crippen molar-refractivity contribution in [2.24, 2.45) is 5.41 Å². The highest BCUT2D eigenvalue weighted by atomic mass is 35.5. The third-order valence-electron chi connectivity index (χ3n) is 5.26. The normalized spacial score (nSPS) is 24.8. The molecule has 1 aliphatic carbocycles. The van der Waals surface area contributed by atoms with Crippen molar-refractivity contribution in [1.29, 1.82) is 5.26 Å². The van der Waals surface area contributed by atoms with E-state index in [-0.39, 0.29) is 11.9 Å². The van der Waals surface area contributed by atoms with Crippen molar-refractivity contribution < 1.29 is 4.79 Å². The van der Waals surface area contributed by atoms with E-state index >= 15 is 0 Å². The number of rotatable bonds is 3. The summed E-state index contributed by atoms with van der Waals surface area (Å²) in [4.78, 5) is 12.6. The van der Waals surface area contributed by atoms with E-state index in [0.717, 1.165) is 29.5 Å². The third kappa shape index (κ3) is 2.63. The molecular formula is C21H17ClN2O. The molecule has 4 heteroatoms. The molecule has 2 atom stereocenters. The Kier molecular flexibility index (Phi) is 3.86. The molecule has 25 heavy (non-hydrogen) atoms. The SMILES string of the molecule is N#CC1(Cc2ccccc2)CCC2=C(c3cccc(Cl)c3)C(=O)NC21. The summed E-state index contributed by atoms with van der Waals surface area (Å²) >= 11 is 6.10. The Balaban J connectivity index is 1.75. The molecule has 1 N–H and O–H groups in total. The molecule has 1 fully saturated rings. The Bertz CT molecular complexity index is 913. The minimum absolute atomic E-state index is 0.102. The molecule has 1 heterocycles. The quantitative estimate of drug-likeness (QED) is 0.906. The summed E-state index contributed by atoms with van der Waals surface area (Å²) in [6.45, 7) is 0. The minimum Gasteiger partial charge on any atom is -0.344 e. The van der Waals surface area contributed by atoms with Gasteiger partial charge in [-0.3, -0.25) is 4.79 Å². The number of nitrogens with zero attached hydrogens (tertiary/aromatic N) is 1. The van der Waals surface area contributed by atoms with E-state index in [2.05, 4.69) is 11.4 Å². The molecule has 0 bridgehead atoms. The second-order valence-corrected chi connectivity index (χ2v) is 7.18. The van der Waals surface area contributed by atoms with E-state index in [0.29, 0.717) is 17.0 Å². The van der Waals surface area contributed by atoms with Gasteiger partial charge in [0.1, 0.15) is 0 Å². The predicted octanol–water partition coefficient (Wildman–Crippen LogP) is 4.14. The van der Waals surface area contributed by atoms with Crippen molar-refractivity contribution in [1.82, 2.24) is 5.32 Å². The number of carbonyl (C=O) groups is 1. The second kappa shape index (κ2) is 6.06. The molecule has 4 rings (SSSR count). The zero-order chi connectivity index (χ0) is 17.4. The van der Waals surface area contributed by atoms with Gasteiger partial charge < -0.3 is 5.32 Å². The maximum atomic E-state index is 12.6. The molecular weight excluding hydrogens is 332 g/mol. The zero-order valence-corrected chi connectivity index (χ0v) is 14.4. The lowest BCUT2D eigenvalue weighted by atomic mass is 9.78. The van der Waals surface area contributed by atoms with Crippen LogP contribution < -0.4 is 5.32 Å². The lowest BCUT2D eigenvalue weighted by Gasteiger charge is -2.27. The average molecular weight is 349 g/mol. The molecule has 2 aromatic carbocycles. The van der Waals surface area contributed by atoms with Crippen molar-refractivity contribution in [2.75, 3.05) is 0 Å². The molecule has 124 valence electrons. The summed E-state index contributed by atoms with van der Waals surface area (Å²) in [5.74, 6) is -0.102. The lowest BCUT2D eigenvalue weighted by Crippen LogP contribution is -2.41. The molecule has 2 aromatic rings. The van der Waals surface area contributed by atoms with Crippen molar-refractivity contribution >= 4 is 23.1 Å². The van der Waals surface area contributed by atoms with Gasteiger partial charge in [0.2, 0.25) is 0 Å². The highest BCUT2D eigenvalue weighted by molar-refractivity contribution is 6.31. The van der Waals surface area contributed by atoms with Gasteiger partial charge in [0.25, 0.3) is 5.91 Å². The molecule has 1 amide bonds. The number of fused-ring (bicyclic) bond motifs is 1. The smallest absolute Gasteiger partial charge is 0.252 e. The molecule has 2 aliphatic rings. The van der Waals surface area contributed by atoms with E-state index in [1.54, 1.807) is 6.07 Å². The first kappa shape index (κ1) is 15.9. The molecule has 2 unspecified atom stereocenters. The number of nitrogens with one attached hydrogen (secondary N) is 1. The molecule has 3 nitrogen and oxygen atoms in total. The first-order valence-electron chi connectivity index (χ1n) is 8.38. The summed E-state index contributed by atoms with van der Waals surface area (Å²) in [6, 6.07) is 19.7. The van der Waals surface area contributed by atoms with Crippen LogP contribution in [0.1, 0.15) is 24.0 Å². The van der Waals surface area contributed by atoms with Crippen LogP contribution in [0.15, 0.2) is 60.2 Å². The van der Waals surface area contributed by atoms with Crippen molar-refractivity contribution in [2.45, 2.75) is 25.3 Å². The van der Waals surface area contributed by atoms with Crippen molar-refractivity contribution in [3.05, 3.63) is 76.3 Å². The van der Waals surface area contributed by atoms with E-state index in [1.165, 1.54) is 0 Å². The minimum atomic E-state index is -0.591. The first-order chi connectivity index (χ1) is 12.1. The van der Waals surface area contributed by atoms with Crippen molar-refractivity contribution in [3.8, 4) is 6.07 Å². The van der Waals surface area contributed by atoms with Crippen LogP contribution in [-0.2, 0) is 11.2 Å². The number of amides is 1. The van der Waals surface area contributed by atoms with Gasteiger partial charge in [0, 0.05) is 10.6 Å². The number of nitriles is 1. The molecule has 1 saturated carbocycles. The second-order valence-electron chi connectivity index (χ2n) is 6.75. The standard InChI is InChI=1S/C21H17ClN2O/c22-16-8-4-7-15(11-16)18-17-9-10-21(13-23,19(17)24-20(18)25)12-14-5-2-1-3-6-14/h1-8,11,19H,9-10,12H2,(H,24,25). The van der Waals surface area contributed by atoms with Gasteiger partial charge in [-0.15, -0.1) is 0 Å². The van der Waals surface area contributed by atoms with Crippen LogP contribution in [0.5, 0.6) is 0 Å². The molecule has 1 aliphatic heterocycles. The molecule has 0 aromatic heterocycles. The zero-order valence-electron chi connectivity index (χ0n) is 13.6. The fourth-order valence-corrected chi connectivity index (χ4v) is 4.28. The van der Waals surface area contributed by atoms with Gasteiger partial charge in [-0.05, 0) is 48.1 Å². The Morgan fingerprint density at radius 2 is 2.00 bits per heavy atom. The van der Waals surface area contributed by atoms with Crippen LogP contribution in [0.4, 0.5) is 0 Å². The van der Waals surface area contributed by atoms with Crippen LogP contribution in [0.3, 0.4) is 0 Å². The van der Waals surface area contributed by atoms with E-state index in [1.807, 2.05) is 48.5 Å². The summed E-state index contributed by atoms with van der Waals surface area (Å²) in [5.41, 5.74) is 3.10. The molecule has 0 radical (unpaired) electrons. The monoisotopic (exact) mass is 348 g/mol. The number of hydrogen-bond acceptors (Lipinski definition) is 2. The largest absolute Gasteiger partial charge is 0.344 e. The Labute approximate surface area is 151 Å². The lowest BCUT2D eigenvalue weighted by molar-refractivity contribution is -0.115. The van der Waals surface area contributed by atoms with Gasteiger partial charge in [0.05, 0.1) is 17.5 Å². The van der Waals surface area contributed by atoms with Gasteiger partial charge in [-0.2, -0.15) is 5.26 Å².